The SMILES string of the molecule is CCn1nnc2c1[C@H](COC)CN(C(=O)c1ccncn1)C2. The minimum Gasteiger partial charge on any atom is -0.384 e. The third kappa shape index (κ3) is 2.57. The molecule has 2 aromatic rings. The van der Waals surface area contributed by atoms with E-state index in [1.54, 1.807) is 24.3 Å². The fourth-order valence-electron chi connectivity index (χ4n) is 2.81. The average Bonchev–Trinajstić information content (AvgIpc) is 2.98. The van der Waals surface area contributed by atoms with E-state index in [1.165, 1.54) is 6.33 Å². The Hall–Kier alpha value is -2.35. The molecule has 8 nitrogen and oxygen atoms in total. The molecule has 3 heterocycles. The number of hydrogen-bond acceptors (Lipinski definition) is 6. The van der Waals surface area contributed by atoms with Crippen LogP contribution in [0.3, 0.4) is 0 Å². The Balaban J connectivity index is 1.89. The smallest absolute Gasteiger partial charge is 0.272 e. The molecule has 0 N–H and O–H groups in total. The molecular formula is C14H18N6O2. The molecule has 2 aromatic heterocycles. The maximum Gasteiger partial charge on any atom is 0.272 e. The summed E-state index contributed by atoms with van der Waals surface area (Å²) in [6.45, 7) is 4.31. The monoisotopic (exact) mass is 302 g/mol. The van der Waals surface area contributed by atoms with E-state index in [4.69, 9.17) is 4.74 Å². The quantitative estimate of drug-likeness (QED) is 0.816. The first-order valence-electron chi connectivity index (χ1n) is 7.21. The van der Waals surface area contributed by atoms with Gasteiger partial charge in [0.2, 0.25) is 0 Å². The van der Waals surface area contributed by atoms with Gasteiger partial charge in [0.15, 0.2) is 0 Å². The maximum absolute atomic E-state index is 12.6. The van der Waals surface area contributed by atoms with E-state index in [0.717, 1.165) is 17.9 Å². The Morgan fingerprint density at radius 2 is 2.36 bits per heavy atom. The molecule has 22 heavy (non-hydrogen) atoms. The molecule has 0 radical (unpaired) electrons. The van der Waals surface area contributed by atoms with Gasteiger partial charge in [-0.15, -0.1) is 5.10 Å². The number of aromatic nitrogens is 5. The first-order valence-corrected chi connectivity index (χ1v) is 7.21. The van der Waals surface area contributed by atoms with Crippen LogP contribution in [-0.2, 0) is 17.8 Å². The summed E-state index contributed by atoms with van der Waals surface area (Å²) in [5.41, 5.74) is 2.28. The number of ether oxygens (including phenoxy) is 1. The standard InChI is InChI=1S/C14H18N6O2/c1-3-20-13-10(8-22-2)6-19(7-12(13)17-18-20)14(21)11-4-5-15-9-16-11/h4-5,9-10H,3,6-8H2,1-2H3/t10-/m0/s1. The van der Waals surface area contributed by atoms with Crippen molar-refractivity contribution in [2.75, 3.05) is 20.3 Å². The molecule has 1 atom stereocenters. The molecule has 0 aromatic carbocycles. The summed E-state index contributed by atoms with van der Waals surface area (Å²) in [5, 5.41) is 8.38. The van der Waals surface area contributed by atoms with Crippen molar-refractivity contribution in [2.45, 2.75) is 25.9 Å². The van der Waals surface area contributed by atoms with E-state index >= 15 is 0 Å². The Kier molecular flexibility index (Phi) is 4.10. The molecule has 1 amide bonds. The summed E-state index contributed by atoms with van der Waals surface area (Å²) < 4.78 is 7.19. The predicted molar refractivity (Wildman–Crippen MR) is 77.1 cm³/mol. The molecule has 0 fully saturated rings. The summed E-state index contributed by atoms with van der Waals surface area (Å²) in [6.07, 6.45) is 2.94. The molecule has 116 valence electrons. The molecule has 0 saturated heterocycles. The van der Waals surface area contributed by atoms with Crippen LogP contribution in [0.2, 0.25) is 0 Å². The van der Waals surface area contributed by atoms with Crippen LogP contribution in [0.15, 0.2) is 18.6 Å². The van der Waals surface area contributed by atoms with Gasteiger partial charge in [-0.05, 0) is 13.0 Å². The molecule has 3 rings (SSSR count). The van der Waals surface area contributed by atoms with Gasteiger partial charge in [0.25, 0.3) is 5.91 Å². The molecule has 0 spiro atoms. The second kappa shape index (κ2) is 6.18. The molecule has 0 saturated carbocycles. The number of rotatable bonds is 4. The van der Waals surface area contributed by atoms with Crippen molar-refractivity contribution in [3.8, 4) is 0 Å². The first-order chi connectivity index (χ1) is 10.7. The predicted octanol–water partition coefficient (Wildman–Crippen LogP) is 0.474. The first kappa shape index (κ1) is 14.6. The number of hydrogen-bond donors (Lipinski definition) is 0. The van der Waals surface area contributed by atoms with Gasteiger partial charge in [0, 0.05) is 32.3 Å². The van der Waals surface area contributed by atoms with Gasteiger partial charge >= 0.3 is 0 Å². The van der Waals surface area contributed by atoms with Crippen LogP contribution in [0, 0.1) is 0 Å². The number of carbonyl (C=O) groups excluding carboxylic acids is 1. The van der Waals surface area contributed by atoms with Crippen LogP contribution >= 0.6 is 0 Å². The minimum atomic E-state index is -0.125. The average molecular weight is 302 g/mol. The Morgan fingerprint density at radius 1 is 1.50 bits per heavy atom. The highest BCUT2D eigenvalue weighted by Crippen LogP contribution is 2.28. The third-order valence-electron chi connectivity index (χ3n) is 3.77. The van der Waals surface area contributed by atoms with Crippen molar-refractivity contribution in [3.63, 3.8) is 0 Å². The number of amides is 1. The molecule has 0 bridgehead atoms. The highest BCUT2D eigenvalue weighted by molar-refractivity contribution is 5.92. The van der Waals surface area contributed by atoms with Gasteiger partial charge in [-0.2, -0.15) is 0 Å². The third-order valence-corrected chi connectivity index (χ3v) is 3.77. The number of carbonyl (C=O) groups is 1. The van der Waals surface area contributed by atoms with Crippen molar-refractivity contribution in [2.24, 2.45) is 0 Å². The van der Waals surface area contributed by atoms with E-state index in [2.05, 4.69) is 20.3 Å². The van der Waals surface area contributed by atoms with Crippen LogP contribution in [-0.4, -0.2) is 56.0 Å². The summed E-state index contributed by atoms with van der Waals surface area (Å²) in [4.78, 5) is 22.2. The van der Waals surface area contributed by atoms with Crippen molar-refractivity contribution in [1.82, 2.24) is 29.9 Å². The summed E-state index contributed by atoms with van der Waals surface area (Å²) in [7, 11) is 1.66. The zero-order chi connectivity index (χ0) is 15.5. The summed E-state index contributed by atoms with van der Waals surface area (Å²) in [6, 6.07) is 1.62. The fraction of sp³-hybridized carbons (Fsp3) is 0.500. The lowest BCUT2D eigenvalue weighted by Crippen LogP contribution is -2.40. The zero-order valence-electron chi connectivity index (χ0n) is 12.6. The van der Waals surface area contributed by atoms with Gasteiger partial charge in [-0.1, -0.05) is 5.21 Å². The Morgan fingerprint density at radius 3 is 3.05 bits per heavy atom. The number of aryl methyl sites for hydroxylation is 1. The lowest BCUT2D eigenvalue weighted by atomic mass is 9.98. The lowest BCUT2D eigenvalue weighted by Gasteiger charge is -2.31. The zero-order valence-corrected chi connectivity index (χ0v) is 12.6. The Labute approximate surface area is 128 Å². The number of nitrogens with zero attached hydrogens (tertiary/aromatic N) is 6. The van der Waals surface area contributed by atoms with Crippen molar-refractivity contribution in [1.29, 1.82) is 0 Å². The minimum absolute atomic E-state index is 0.0643. The fourth-order valence-corrected chi connectivity index (χ4v) is 2.81. The molecule has 8 heteroatoms. The highest BCUT2D eigenvalue weighted by atomic mass is 16.5. The van der Waals surface area contributed by atoms with Crippen LogP contribution in [0.5, 0.6) is 0 Å². The van der Waals surface area contributed by atoms with Gasteiger partial charge in [0.1, 0.15) is 17.7 Å². The van der Waals surface area contributed by atoms with Crippen molar-refractivity contribution < 1.29 is 9.53 Å². The highest BCUT2D eigenvalue weighted by Gasteiger charge is 2.33. The van der Waals surface area contributed by atoms with E-state index < -0.39 is 0 Å². The van der Waals surface area contributed by atoms with E-state index in [9.17, 15) is 4.79 Å². The molecule has 1 aliphatic rings. The largest absolute Gasteiger partial charge is 0.384 e. The van der Waals surface area contributed by atoms with Crippen LogP contribution in [0.4, 0.5) is 0 Å². The second-order valence-corrected chi connectivity index (χ2v) is 5.17. The van der Waals surface area contributed by atoms with Crippen LogP contribution in [0.1, 0.15) is 34.7 Å². The summed E-state index contributed by atoms with van der Waals surface area (Å²) in [5.74, 6) is -0.0605. The number of methoxy groups -OCH3 is 1. The van der Waals surface area contributed by atoms with Crippen LogP contribution in [0.25, 0.3) is 0 Å². The topological polar surface area (TPSA) is 86.0 Å². The van der Waals surface area contributed by atoms with Gasteiger partial charge in [-0.25, -0.2) is 14.6 Å². The lowest BCUT2D eigenvalue weighted by molar-refractivity contribution is 0.0666. The van der Waals surface area contributed by atoms with Gasteiger partial charge < -0.3 is 9.64 Å². The maximum atomic E-state index is 12.6. The molecule has 0 aliphatic carbocycles. The van der Waals surface area contributed by atoms with Gasteiger partial charge in [0.05, 0.1) is 18.8 Å². The second-order valence-electron chi connectivity index (χ2n) is 5.17. The molecular weight excluding hydrogens is 284 g/mol. The molecule has 1 aliphatic heterocycles. The van der Waals surface area contributed by atoms with E-state index in [0.29, 0.717) is 25.4 Å². The summed E-state index contributed by atoms with van der Waals surface area (Å²) >= 11 is 0. The van der Waals surface area contributed by atoms with Crippen LogP contribution < -0.4 is 0 Å². The Bertz CT molecular complexity index is 657. The van der Waals surface area contributed by atoms with Crippen molar-refractivity contribution in [3.05, 3.63) is 35.7 Å². The number of fused-ring (bicyclic) bond motifs is 1. The van der Waals surface area contributed by atoms with E-state index in [-0.39, 0.29) is 11.8 Å². The van der Waals surface area contributed by atoms with E-state index in [1.807, 2.05) is 11.6 Å². The molecule has 0 unspecified atom stereocenters. The normalized spacial score (nSPS) is 17.4. The van der Waals surface area contributed by atoms with Crippen molar-refractivity contribution >= 4 is 5.91 Å². The van der Waals surface area contributed by atoms with Gasteiger partial charge in [-0.3, -0.25) is 4.79 Å².